The van der Waals surface area contributed by atoms with E-state index in [-0.39, 0.29) is 24.4 Å². The number of nitrogens with zero attached hydrogens (tertiary/aromatic N) is 1. The first-order valence-electron chi connectivity index (χ1n) is 9.95. The number of allylic oxidation sites excluding steroid dienone is 1. The molecule has 0 saturated heterocycles. The van der Waals surface area contributed by atoms with Gasteiger partial charge in [0, 0.05) is 18.0 Å². The third-order valence-corrected chi connectivity index (χ3v) is 5.19. The van der Waals surface area contributed by atoms with Gasteiger partial charge in [0.15, 0.2) is 23.0 Å². The van der Waals surface area contributed by atoms with Crippen LogP contribution >= 0.6 is 12.4 Å². The largest absolute Gasteiger partial charge is 0.493 e. The number of likely N-dealkylation sites (N-methyl/N-ethyl adjacent to an activating group) is 1. The molecule has 0 N–H and O–H groups in total. The molecule has 0 amide bonds. The summed E-state index contributed by atoms with van der Waals surface area (Å²) < 4.78 is 23.4. The topological polar surface area (TPSA) is 40.2 Å². The molecule has 3 rings (SSSR count). The molecular weight excluding hydrogens is 402 g/mol. The fraction of sp³-hybridized carbons (Fsp3) is 0.417. The first kappa shape index (κ1) is 23.9. The minimum absolute atomic E-state index is 0. The van der Waals surface area contributed by atoms with Crippen molar-refractivity contribution in [3.05, 3.63) is 53.1 Å². The van der Waals surface area contributed by atoms with E-state index >= 15 is 0 Å². The van der Waals surface area contributed by atoms with Gasteiger partial charge in [0.25, 0.3) is 0 Å². The highest BCUT2D eigenvalue weighted by Gasteiger charge is 2.35. The van der Waals surface area contributed by atoms with Gasteiger partial charge in [-0.15, -0.1) is 12.4 Å². The van der Waals surface area contributed by atoms with Gasteiger partial charge in [-0.1, -0.05) is 25.1 Å². The minimum atomic E-state index is -0.107. The molecule has 5 nitrogen and oxygen atoms in total. The zero-order valence-electron chi connectivity index (χ0n) is 18.6. The summed E-state index contributed by atoms with van der Waals surface area (Å²) in [6.45, 7) is 5.65. The summed E-state index contributed by atoms with van der Waals surface area (Å²) in [5.41, 5.74) is 3.33. The van der Waals surface area contributed by atoms with Crippen LogP contribution < -0.4 is 18.9 Å². The van der Waals surface area contributed by atoms with E-state index in [4.69, 9.17) is 18.9 Å². The van der Waals surface area contributed by atoms with E-state index in [1.807, 2.05) is 45.3 Å². The van der Waals surface area contributed by atoms with Gasteiger partial charge in [0.05, 0.1) is 14.2 Å². The normalized spacial score (nSPS) is 17.4. The molecule has 164 valence electrons. The van der Waals surface area contributed by atoms with Crippen molar-refractivity contribution in [1.29, 1.82) is 0 Å². The fourth-order valence-electron chi connectivity index (χ4n) is 3.62. The maximum absolute atomic E-state index is 6.36. The van der Waals surface area contributed by atoms with Gasteiger partial charge >= 0.3 is 0 Å². The number of benzene rings is 2. The van der Waals surface area contributed by atoms with Gasteiger partial charge in [-0.25, -0.2) is 0 Å². The van der Waals surface area contributed by atoms with Crippen molar-refractivity contribution in [2.75, 3.05) is 41.5 Å². The number of fused-ring (bicyclic) bond motifs is 1. The number of halogens is 1. The Hall–Kier alpha value is -2.37. The van der Waals surface area contributed by atoms with Gasteiger partial charge in [0.2, 0.25) is 0 Å². The molecule has 0 aliphatic carbocycles. The van der Waals surface area contributed by atoms with Crippen LogP contribution in [0.4, 0.5) is 0 Å². The van der Waals surface area contributed by atoms with E-state index in [0.717, 1.165) is 46.2 Å². The van der Waals surface area contributed by atoms with Gasteiger partial charge in [0.1, 0.15) is 12.7 Å². The molecule has 0 bridgehead atoms. The minimum Gasteiger partial charge on any atom is -0.493 e. The Morgan fingerprint density at radius 1 is 1.03 bits per heavy atom. The number of ether oxygens (including phenoxy) is 4. The molecule has 0 saturated carbocycles. The van der Waals surface area contributed by atoms with Crippen molar-refractivity contribution in [2.24, 2.45) is 0 Å². The zero-order chi connectivity index (χ0) is 21.0. The van der Waals surface area contributed by atoms with Crippen LogP contribution in [0.5, 0.6) is 23.0 Å². The Bertz CT molecular complexity index is 882. The van der Waals surface area contributed by atoms with Crippen LogP contribution in [-0.2, 0) is 0 Å². The highest BCUT2D eigenvalue weighted by molar-refractivity contribution is 5.85. The fourth-order valence-corrected chi connectivity index (χ4v) is 3.62. The van der Waals surface area contributed by atoms with Crippen LogP contribution in [0.3, 0.4) is 0 Å². The zero-order valence-corrected chi connectivity index (χ0v) is 19.4. The third kappa shape index (κ3) is 5.02. The van der Waals surface area contributed by atoms with Crippen molar-refractivity contribution in [1.82, 2.24) is 4.90 Å². The molecule has 0 fully saturated rings. The van der Waals surface area contributed by atoms with E-state index in [2.05, 4.69) is 30.0 Å². The van der Waals surface area contributed by atoms with Gasteiger partial charge in [-0.3, -0.25) is 0 Å². The lowest BCUT2D eigenvalue weighted by Crippen LogP contribution is -2.19. The molecule has 0 aromatic heterocycles. The van der Waals surface area contributed by atoms with Crippen molar-refractivity contribution in [3.63, 3.8) is 0 Å². The van der Waals surface area contributed by atoms with Crippen molar-refractivity contribution in [2.45, 2.75) is 25.9 Å². The molecule has 1 heterocycles. The summed E-state index contributed by atoms with van der Waals surface area (Å²) >= 11 is 0. The van der Waals surface area contributed by atoms with E-state index in [9.17, 15) is 0 Å². The van der Waals surface area contributed by atoms with Crippen LogP contribution in [0.2, 0.25) is 0 Å². The molecule has 1 aliphatic rings. The van der Waals surface area contributed by atoms with Crippen molar-refractivity contribution in [3.8, 4) is 23.0 Å². The molecule has 2 aromatic carbocycles. The molecule has 0 spiro atoms. The predicted molar refractivity (Wildman–Crippen MR) is 124 cm³/mol. The van der Waals surface area contributed by atoms with Crippen LogP contribution in [0.1, 0.15) is 42.6 Å². The average molecular weight is 434 g/mol. The Kier molecular flexibility index (Phi) is 8.44. The molecule has 2 aromatic rings. The summed E-state index contributed by atoms with van der Waals surface area (Å²) in [5.74, 6) is 3.24. The second-order valence-electron chi connectivity index (χ2n) is 7.53. The molecule has 2 atom stereocenters. The third-order valence-electron chi connectivity index (χ3n) is 5.19. The maximum atomic E-state index is 6.36. The summed E-state index contributed by atoms with van der Waals surface area (Å²) in [5, 5.41) is 0. The van der Waals surface area contributed by atoms with Crippen LogP contribution in [0.25, 0.3) is 6.08 Å². The van der Waals surface area contributed by atoms with Crippen LogP contribution in [0.15, 0.2) is 36.4 Å². The molecular formula is C24H32ClNO4. The van der Waals surface area contributed by atoms with Crippen LogP contribution in [0, 0.1) is 0 Å². The standard InChI is InChI=1S/C24H31NO4.ClH/c1-7-8-17-13-19-16(2)23(29-24(19)22(14-17)27-6)18-9-10-20(21(15-18)26-5)28-12-11-25(3)4;/h7-10,13-16,23H,11-12H2,1-6H3;1H/t16-,23-;/m1./s1. The van der Waals surface area contributed by atoms with Gasteiger partial charge in [-0.2, -0.15) is 0 Å². The van der Waals surface area contributed by atoms with E-state index in [1.165, 1.54) is 0 Å². The molecule has 6 heteroatoms. The number of hydrogen-bond donors (Lipinski definition) is 0. The van der Waals surface area contributed by atoms with E-state index in [1.54, 1.807) is 14.2 Å². The number of rotatable bonds is 8. The summed E-state index contributed by atoms with van der Waals surface area (Å²) in [6, 6.07) is 10.2. The predicted octanol–water partition coefficient (Wildman–Crippen LogP) is 5.34. The number of hydrogen-bond acceptors (Lipinski definition) is 5. The summed E-state index contributed by atoms with van der Waals surface area (Å²) in [6.07, 6.45) is 3.99. The molecule has 0 unspecified atom stereocenters. The summed E-state index contributed by atoms with van der Waals surface area (Å²) in [7, 11) is 7.39. The van der Waals surface area contributed by atoms with E-state index in [0.29, 0.717) is 6.61 Å². The Balaban J connectivity index is 0.00000320. The smallest absolute Gasteiger partial charge is 0.165 e. The lowest BCUT2D eigenvalue weighted by atomic mass is 9.91. The lowest BCUT2D eigenvalue weighted by Gasteiger charge is -2.19. The highest BCUT2D eigenvalue weighted by atomic mass is 35.5. The maximum Gasteiger partial charge on any atom is 0.165 e. The van der Waals surface area contributed by atoms with E-state index < -0.39 is 0 Å². The SMILES string of the molecule is CC=Cc1cc(OC)c2c(c1)[C@@H](C)[C@H](c1ccc(OCCN(C)C)c(OC)c1)O2.Cl. The van der Waals surface area contributed by atoms with Crippen LogP contribution in [-0.4, -0.2) is 46.4 Å². The van der Waals surface area contributed by atoms with Crippen molar-refractivity contribution < 1.29 is 18.9 Å². The van der Waals surface area contributed by atoms with Crippen molar-refractivity contribution >= 4 is 18.5 Å². The second kappa shape index (κ2) is 10.6. The van der Waals surface area contributed by atoms with Gasteiger partial charge < -0.3 is 23.8 Å². The molecule has 30 heavy (non-hydrogen) atoms. The quantitative estimate of drug-likeness (QED) is 0.562. The number of methoxy groups -OCH3 is 2. The first-order chi connectivity index (χ1) is 14.0. The monoisotopic (exact) mass is 433 g/mol. The molecule has 1 aliphatic heterocycles. The molecule has 0 radical (unpaired) electrons. The second-order valence-corrected chi connectivity index (χ2v) is 7.53. The summed E-state index contributed by atoms with van der Waals surface area (Å²) in [4.78, 5) is 2.08. The average Bonchev–Trinajstić information content (AvgIpc) is 3.04. The Labute approximate surface area is 186 Å². The first-order valence-corrected chi connectivity index (χ1v) is 9.95. The highest BCUT2D eigenvalue weighted by Crippen LogP contribution is 2.51. The Morgan fingerprint density at radius 3 is 2.40 bits per heavy atom. The lowest BCUT2D eigenvalue weighted by molar-refractivity contribution is 0.207. The van der Waals surface area contributed by atoms with Gasteiger partial charge in [-0.05, 0) is 56.4 Å². The Morgan fingerprint density at radius 2 is 1.77 bits per heavy atom.